The van der Waals surface area contributed by atoms with Crippen LogP contribution in [0.5, 0.6) is 0 Å². The zero-order valence-electron chi connectivity index (χ0n) is 20.5. The van der Waals surface area contributed by atoms with Gasteiger partial charge in [-0.3, -0.25) is 0 Å². The molecule has 0 unspecified atom stereocenters. The van der Waals surface area contributed by atoms with Crippen LogP contribution in [0.2, 0.25) is 0 Å². The first kappa shape index (κ1) is 19.2. The molecule has 172 valence electrons. The van der Waals surface area contributed by atoms with Gasteiger partial charge in [0, 0.05) is 0 Å². The number of hydrogen-bond donors (Lipinski definition) is 0. The summed E-state index contributed by atoms with van der Waals surface area (Å²) in [5.41, 5.74) is 0. The highest BCUT2D eigenvalue weighted by molar-refractivity contribution is 6.44. The zero-order valence-corrected chi connectivity index (χ0v) is 20.5. The molecular formula is C38H20. The third-order valence-electron chi connectivity index (χ3n) is 9.05. The Kier molecular flexibility index (Phi) is 3.28. The fraction of sp³-hybridized carbons (Fsp3) is 0. The fourth-order valence-corrected chi connectivity index (χ4v) is 7.64. The Hall–Kier alpha value is -4.94. The Balaban J connectivity index is 1.62. The smallest absolute Gasteiger partial charge is 0.00137 e. The van der Waals surface area contributed by atoms with Gasteiger partial charge in [-0.15, -0.1) is 0 Å². The van der Waals surface area contributed by atoms with Gasteiger partial charge in [0.2, 0.25) is 0 Å². The lowest BCUT2D eigenvalue weighted by molar-refractivity contribution is 1.79. The molecule has 0 atom stereocenters. The molecule has 10 aromatic rings. The van der Waals surface area contributed by atoms with Crippen LogP contribution in [0.25, 0.3) is 97.0 Å². The van der Waals surface area contributed by atoms with Gasteiger partial charge in [-0.25, -0.2) is 0 Å². The first-order chi connectivity index (χ1) is 18.9. The normalized spacial score (nSPS) is 12.7. The van der Waals surface area contributed by atoms with Gasteiger partial charge >= 0.3 is 0 Å². The van der Waals surface area contributed by atoms with Gasteiger partial charge in [0.15, 0.2) is 0 Å². The standard InChI is InChI=1S/C38H20/c1-7-21-9-3-17-29-33(21)25(13-1)27-15-5-11-23-19-32-31(37(29)35(23)27)20-24-12-6-16-28-26-14-2-8-22-10-4-18-30(34(22)26)38(32)36(24)28/h1-20H. The van der Waals surface area contributed by atoms with Crippen LogP contribution in [0.3, 0.4) is 0 Å². The summed E-state index contributed by atoms with van der Waals surface area (Å²) in [6.45, 7) is 0. The lowest BCUT2D eigenvalue weighted by Gasteiger charge is -2.20. The molecule has 10 aromatic carbocycles. The van der Waals surface area contributed by atoms with Crippen molar-refractivity contribution in [3.05, 3.63) is 121 Å². The maximum absolute atomic E-state index is 2.46. The molecule has 0 aliphatic carbocycles. The summed E-state index contributed by atoms with van der Waals surface area (Å²) < 4.78 is 0. The summed E-state index contributed by atoms with van der Waals surface area (Å²) in [4.78, 5) is 0. The molecule has 0 saturated carbocycles. The van der Waals surface area contributed by atoms with Crippen LogP contribution >= 0.6 is 0 Å². The van der Waals surface area contributed by atoms with Gasteiger partial charge in [0.25, 0.3) is 0 Å². The summed E-state index contributed by atoms with van der Waals surface area (Å²) in [6, 6.07) is 45.7. The van der Waals surface area contributed by atoms with E-state index in [2.05, 4.69) is 121 Å². The minimum atomic E-state index is 1.31. The summed E-state index contributed by atoms with van der Waals surface area (Å²) >= 11 is 0. The Bertz CT molecular complexity index is 2410. The monoisotopic (exact) mass is 476 g/mol. The predicted molar refractivity (Wildman–Crippen MR) is 166 cm³/mol. The van der Waals surface area contributed by atoms with E-state index in [0.29, 0.717) is 0 Å². The van der Waals surface area contributed by atoms with Gasteiger partial charge in [-0.1, -0.05) is 109 Å². The second kappa shape index (κ2) is 6.49. The molecule has 0 radical (unpaired) electrons. The number of fused-ring (bicyclic) bond motifs is 7. The predicted octanol–water partition coefficient (Wildman–Crippen LogP) is 10.9. The average molecular weight is 477 g/mol. The summed E-state index contributed by atoms with van der Waals surface area (Å²) in [5.74, 6) is 0. The van der Waals surface area contributed by atoms with Crippen LogP contribution in [0, 0.1) is 0 Å². The Morgan fingerprint density at radius 1 is 0.211 bits per heavy atom. The van der Waals surface area contributed by atoms with E-state index in [-0.39, 0.29) is 0 Å². The second-order valence-corrected chi connectivity index (χ2v) is 10.8. The topological polar surface area (TPSA) is 0 Å². The molecule has 0 nitrogen and oxygen atoms in total. The third kappa shape index (κ3) is 2.12. The molecule has 10 rings (SSSR count). The fourth-order valence-electron chi connectivity index (χ4n) is 7.64. The van der Waals surface area contributed by atoms with E-state index >= 15 is 0 Å². The minimum Gasteiger partial charge on any atom is -0.0610 e. The third-order valence-corrected chi connectivity index (χ3v) is 9.05. The molecule has 0 spiro atoms. The van der Waals surface area contributed by atoms with Crippen molar-refractivity contribution in [1.82, 2.24) is 0 Å². The highest BCUT2D eigenvalue weighted by atomic mass is 14.2. The summed E-state index contributed by atoms with van der Waals surface area (Å²) in [6.07, 6.45) is 0. The van der Waals surface area contributed by atoms with Crippen molar-refractivity contribution in [3.63, 3.8) is 0 Å². The lowest BCUT2D eigenvalue weighted by Crippen LogP contribution is -1.91. The Morgan fingerprint density at radius 3 is 0.921 bits per heavy atom. The van der Waals surface area contributed by atoms with E-state index in [0.717, 1.165) is 0 Å². The molecule has 0 heteroatoms. The van der Waals surface area contributed by atoms with Gasteiger partial charge in [-0.05, 0) is 109 Å². The quantitative estimate of drug-likeness (QED) is 0.151. The van der Waals surface area contributed by atoms with Crippen molar-refractivity contribution < 1.29 is 0 Å². The minimum absolute atomic E-state index is 1.31. The molecular weight excluding hydrogens is 456 g/mol. The number of hydrogen-bond acceptors (Lipinski definition) is 0. The SMILES string of the molecule is c1cc2cccc3c2c(c1)c1cccc2cc4c(cc5cccc6c7cccc8cccc(c87)c4c56)c3c21. The molecule has 0 bridgehead atoms. The van der Waals surface area contributed by atoms with Crippen molar-refractivity contribution >= 4 is 97.0 Å². The summed E-state index contributed by atoms with van der Waals surface area (Å²) in [5, 5.41) is 24.3. The summed E-state index contributed by atoms with van der Waals surface area (Å²) in [7, 11) is 0. The van der Waals surface area contributed by atoms with Crippen LogP contribution in [-0.4, -0.2) is 0 Å². The Labute approximate surface area is 218 Å². The Morgan fingerprint density at radius 2 is 0.526 bits per heavy atom. The van der Waals surface area contributed by atoms with Crippen molar-refractivity contribution in [1.29, 1.82) is 0 Å². The molecule has 0 aliphatic rings. The van der Waals surface area contributed by atoms with E-state index in [1.54, 1.807) is 0 Å². The molecule has 0 aromatic heterocycles. The molecule has 0 fully saturated rings. The van der Waals surface area contributed by atoms with Crippen LogP contribution in [-0.2, 0) is 0 Å². The van der Waals surface area contributed by atoms with Gasteiger partial charge < -0.3 is 0 Å². The first-order valence-corrected chi connectivity index (χ1v) is 13.4. The highest BCUT2D eigenvalue weighted by Crippen LogP contribution is 2.48. The molecule has 38 heavy (non-hydrogen) atoms. The van der Waals surface area contributed by atoms with Crippen LogP contribution < -0.4 is 0 Å². The number of rotatable bonds is 0. The van der Waals surface area contributed by atoms with E-state index in [4.69, 9.17) is 0 Å². The molecule has 0 heterocycles. The van der Waals surface area contributed by atoms with Gasteiger partial charge in [0.1, 0.15) is 0 Å². The second-order valence-electron chi connectivity index (χ2n) is 10.8. The van der Waals surface area contributed by atoms with Crippen LogP contribution in [0.1, 0.15) is 0 Å². The molecule has 0 N–H and O–H groups in total. The van der Waals surface area contributed by atoms with Crippen LogP contribution in [0.4, 0.5) is 0 Å². The van der Waals surface area contributed by atoms with Crippen molar-refractivity contribution in [2.45, 2.75) is 0 Å². The molecule has 0 aliphatic heterocycles. The largest absolute Gasteiger partial charge is 0.0610 e. The van der Waals surface area contributed by atoms with Crippen molar-refractivity contribution in [2.75, 3.05) is 0 Å². The first-order valence-electron chi connectivity index (χ1n) is 13.4. The van der Waals surface area contributed by atoms with Gasteiger partial charge in [0.05, 0.1) is 0 Å². The van der Waals surface area contributed by atoms with E-state index < -0.39 is 0 Å². The maximum atomic E-state index is 2.46. The zero-order chi connectivity index (χ0) is 24.5. The maximum Gasteiger partial charge on any atom is -0.00137 e. The van der Waals surface area contributed by atoms with Crippen molar-refractivity contribution in [3.8, 4) is 0 Å². The van der Waals surface area contributed by atoms with E-state index in [9.17, 15) is 0 Å². The number of benzene rings is 10. The van der Waals surface area contributed by atoms with E-state index in [1.165, 1.54) is 97.0 Å². The van der Waals surface area contributed by atoms with Crippen molar-refractivity contribution in [2.24, 2.45) is 0 Å². The average Bonchev–Trinajstić information content (AvgIpc) is 2.97. The van der Waals surface area contributed by atoms with Gasteiger partial charge in [-0.2, -0.15) is 0 Å². The highest BCUT2D eigenvalue weighted by Gasteiger charge is 2.20. The molecule has 0 amide bonds. The molecule has 0 saturated heterocycles. The van der Waals surface area contributed by atoms with Crippen LogP contribution in [0.15, 0.2) is 121 Å². The van der Waals surface area contributed by atoms with E-state index in [1.807, 2.05) is 0 Å². The lowest BCUT2D eigenvalue weighted by atomic mass is 9.83.